The number of carbonyl (C=O) groups excluding carboxylic acids is 1. The van der Waals surface area contributed by atoms with E-state index in [9.17, 15) is 9.59 Å². The number of H-pyrrole nitrogens is 1. The van der Waals surface area contributed by atoms with Crippen LogP contribution in [0.3, 0.4) is 0 Å². The number of fused-ring (bicyclic) bond motifs is 3. The van der Waals surface area contributed by atoms with E-state index in [0.29, 0.717) is 11.7 Å². The van der Waals surface area contributed by atoms with Gasteiger partial charge < -0.3 is 9.72 Å². The van der Waals surface area contributed by atoms with Gasteiger partial charge in [-0.05, 0) is 49.1 Å². The summed E-state index contributed by atoms with van der Waals surface area (Å²) in [7, 11) is 0. The van der Waals surface area contributed by atoms with Crippen molar-refractivity contribution in [3.63, 3.8) is 0 Å². The van der Waals surface area contributed by atoms with Crippen molar-refractivity contribution in [1.82, 2.24) is 9.97 Å². The van der Waals surface area contributed by atoms with Crippen LogP contribution in [-0.2, 0) is 34.4 Å². The zero-order valence-corrected chi connectivity index (χ0v) is 18.0. The monoisotopic (exact) mass is 422 g/mol. The van der Waals surface area contributed by atoms with E-state index in [-0.39, 0.29) is 18.1 Å². The molecule has 2 aliphatic rings. The van der Waals surface area contributed by atoms with Crippen molar-refractivity contribution in [1.29, 1.82) is 0 Å². The Bertz CT molecular complexity index is 1140. The molecule has 0 radical (unpaired) electrons. The molecule has 2 heterocycles. The van der Waals surface area contributed by atoms with Crippen molar-refractivity contribution in [3.8, 4) is 0 Å². The van der Waals surface area contributed by atoms with E-state index in [1.807, 2.05) is 30.3 Å². The molecule has 5 rings (SSSR count). The van der Waals surface area contributed by atoms with Crippen molar-refractivity contribution >= 4 is 27.5 Å². The van der Waals surface area contributed by atoms with Crippen molar-refractivity contribution in [2.75, 3.05) is 0 Å². The largest absolute Gasteiger partial charge is 0.457 e. The Morgan fingerprint density at radius 1 is 1.27 bits per heavy atom. The Kier molecular flexibility index (Phi) is 4.97. The van der Waals surface area contributed by atoms with Gasteiger partial charge in [0.1, 0.15) is 17.3 Å². The first-order valence-corrected chi connectivity index (χ1v) is 11.6. The van der Waals surface area contributed by atoms with Crippen molar-refractivity contribution in [2.45, 2.75) is 63.9 Å². The lowest BCUT2D eigenvalue weighted by Crippen LogP contribution is -2.34. The van der Waals surface area contributed by atoms with Crippen LogP contribution in [-0.4, -0.2) is 15.9 Å². The fourth-order valence-corrected chi connectivity index (χ4v) is 6.48. The van der Waals surface area contributed by atoms with Gasteiger partial charge in [-0.1, -0.05) is 50.1 Å². The number of aryl methyl sites for hydroxylation is 1. The Labute approximate surface area is 179 Å². The molecule has 0 spiro atoms. The van der Waals surface area contributed by atoms with Gasteiger partial charge in [0, 0.05) is 4.88 Å². The lowest BCUT2D eigenvalue weighted by Gasteiger charge is -2.27. The van der Waals surface area contributed by atoms with Crippen molar-refractivity contribution in [3.05, 3.63) is 62.5 Å². The van der Waals surface area contributed by atoms with Gasteiger partial charge in [-0.15, -0.1) is 11.3 Å². The van der Waals surface area contributed by atoms with Gasteiger partial charge in [-0.2, -0.15) is 0 Å². The lowest BCUT2D eigenvalue weighted by atomic mass is 9.79. The normalized spacial score (nSPS) is 20.2. The second-order valence-electron chi connectivity index (χ2n) is 8.78. The molecule has 0 unspecified atom stereocenters. The molecule has 156 valence electrons. The number of nitrogens with one attached hydrogen (secondary N) is 1. The first-order valence-electron chi connectivity index (χ1n) is 10.8. The second-order valence-corrected chi connectivity index (χ2v) is 9.86. The van der Waals surface area contributed by atoms with E-state index >= 15 is 0 Å². The summed E-state index contributed by atoms with van der Waals surface area (Å²) >= 11 is 1.62. The van der Waals surface area contributed by atoms with Crippen LogP contribution in [0.15, 0.2) is 35.1 Å². The predicted octanol–water partition coefficient (Wildman–Crippen LogP) is 4.66. The number of hydrogen-bond acceptors (Lipinski definition) is 5. The van der Waals surface area contributed by atoms with Crippen molar-refractivity contribution in [2.24, 2.45) is 5.92 Å². The van der Waals surface area contributed by atoms with E-state index in [1.165, 1.54) is 10.4 Å². The quantitative estimate of drug-likeness (QED) is 0.621. The first-order chi connectivity index (χ1) is 14.6. The highest BCUT2D eigenvalue weighted by Gasteiger charge is 2.44. The van der Waals surface area contributed by atoms with Crippen LogP contribution in [0.4, 0.5) is 0 Å². The fourth-order valence-electron chi connectivity index (χ4n) is 5.08. The summed E-state index contributed by atoms with van der Waals surface area (Å²) < 4.78 is 5.73. The fraction of sp³-hybridized carbons (Fsp3) is 0.458. The highest BCUT2D eigenvalue weighted by Crippen LogP contribution is 2.42. The van der Waals surface area contributed by atoms with Gasteiger partial charge in [0.15, 0.2) is 0 Å². The molecule has 1 aromatic carbocycles. The highest BCUT2D eigenvalue weighted by molar-refractivity contribution is 7.18. The summed E-state index contributed by atoms with van der Waals surface area (Å²) in [5.74, 6) is 0.854. The van der Waals surface area contributed by atoms with Gasteiger partial charge in [-0.3, -0.25) is 9.59 Å². The number of ether oxygens (including phenoxy) is 1. The molecule has 1 fully saturated rings. The van der Waals surface area contributed by atoms with Crippen molar-refractivity contribution < 1.29 is 9.53 Å². The number of thiophene rings is 1. The molecule has 2 aromatic heterocycles. The average Bonchev–Trinajstić information content (AvgIpc) is 3.38. The maximum atomic E-state index is 13.1. The maximum Gasteiger partial charge on any atom is 0.317 e. The Hall–Kier alpha value is -2.47. The smallest absolute Gasteiger partial charge is 0.317 e. The van der Waals surface area contributed by atoms with E-state index in [0.717, 1.165) is 60.7 Å². The Morgan fingerprint density at radius 3 is 2.80 bits per heavy atom. The number of hydrogen-bond donors (Lipinski definition) is 1. The van der Waals surface area contributed by atoms with E-state index in [1.54, 1.807) is 11.3 Å². The molecule has 30 heavy (non-hydrogen) atoms. The molecule has 6 heteroatoms. The zero-order valence-electron chi connectivity index (χ0n) is 17.2. The molecule has 1 N–H and O–H groups in total. The second kappa shape index (κ2) is 7.65. The van der Waals surface area contributed by atoms with Crippen LogP contribution in [0.2, 0.25) is 0 Å². The third-order valence-corrected chi connectivity index (χ3v) is 7.88. The minimum Gasteiger partial charge on any atom is -0.457 e. The average molecular weight is 423 g/mol. The Balaban J connectivity index is 1.40. The molecular weight excluding hydrogens is 396 g/mol. The van der Waals surface area contributed by atoms with Gasteiger partial charge in [-0.25, -0.2) is 4.98 Å². The van der Waals surface area contributed by atoms with E-state index in [2.05, 4.69) is 16.9 Å². The van der Waals surface area contributed by atoms with Crippen LogP contribution >= 0.6 is 11.3 Å². The molecule has 1 atom stereocenters. The maximum absolute atomic E-state index is 13.1. The summed E-state index contributed by atoms with van der Waals surface area (Å²) in [6.45, 7) is 2.25. The summed E-state index contributed by atoms with van der Waals surface area (Å²) in [6.07, 6.45) is 6.70. The van der Waals surface area contributed by atoms with E-state index in [4.69, 9.17) is 4.74 Å². The van der Waals surface area contributed by atoms with Gasteiger partial charge >= 0.3 is 5.97 Å². The summed E-state index contributed by atoms with van der Waals surface area (Å²) in [4.78, 5) is 35.5. The van der Waals surface area contributed by atoms with Crippen LogP contribution in [0, 0.1) is 5.92 Å². The number of benzene rings is 1. The number of rotatable bonds is 4. The Morgan fingerprint density at radius 2 is 2.03 bits per heavy atom. The molecule has 0 amide bonds. The lowest BCUT2D eigenvalue weighted by molar-refractivity contribution is -0.152. The molecule has 2 aliphatic carbocycles. The molecule has 1 saturated carbocycles. The van der Waals surface area contributed by atoms with Crippen LogP contribution in [0.1, 0.15) is 60.9 Å². The topological polar surface area (TPSA) is 72.0 Å². The molecule has 0 aliphatic heterocycles. The molecule has 5 nitrogen and oxygen atoms in total. The summed E-state index contributed by atoms with van der Waals surface area (Å²) in [6, 6.07) is 9.92. The summed E-state index contributed by atoms with van der Waals surface area (Å²) in [5.41, 5.74) is 1.49. The van der Waals surface area contributed by atoms with Crippen LogP contribution < -0.4 is 5.56 Å². The number of aromatic amines is 1. The third-order valence-electron chi connectivity index (χ3n) is 6.73. The standard InChI is InChI=1S/C24H26N2O3S/c1-15-9-10-17-18(13-15)30-22-20(17)21(27)25-19(26-22)14-29-23(28)24(11-5-6-12-24)16-7-3-2-4-8-16/h2-4,7-8,15H,5-6,9-14H2,1H3,(H,25,26,27)/t15-/m1/s1. The van der Waals surface area contributed by atoms with Gasteiger partial charge in [0.2, 0.25) is 0 Å². The molecule has 3 aromatic rings. The number of aromatic nitrogens is 2. The minimum atomic E-state index is -0.580. The minimum absolute atomic E-state index is 0.00241. The summed E-state index contributed by atoms with van der Waals surface area (Å²) in [5, 5.41) is 0.730. The van der Waals surface area contributed by atoms with Gasteiger partial charge in [0.05, 0.1) is 10.8 Å². The van der Waals surface area contributed by atoms with Crippen LogP contribution in [0.5, 0.6) is 0 Å². The zero-order chi connectivity index (χ0) is 20.7. The third kappa shape index (κ3) is 3.27. The number of carbonyl (C=O) groups is 1. The van der Waals surface area contributed by atoms with Gasteiger partial charge in [0.25, 0.3) is 5.56 Å². The predicted molar refractivity (Wildman–Crippen MR) is 118 cm³/mol. The number of nitrogens with zero attached hydrogens (tertiary/aromatic N) is 1. The molecule has 0 saturated heterocycles. The SMILES string of the molecule is C[C@@H]1CCc2c(sc3nc(COC(=O)C4(c5ccccc5)CCCC4)[nH]c(=O)c23)C1. The molecular formula is C24H26N2O3S. The number of esters is 1. The van der Waals surface area contributed by atoms with Crippen LogP contribution in [0.25, 0.3) is 10.2 Å². The highest BCUT2D eigenvalue weighted by atomic mass is 32.1. The first kappa shape index (κ1) is 19.5. The van der Waals surface area contributed by atoms with E-state index < -0.39 is 5.41 Å². The molecule has 0 bridgehead atoms.